The fourth-order valence-electron chi connectivity index (χ4n) is 1.65. The number of nitrogens with two attached hydrogens (primary N) is 1. The Labute approximate surface area is 120 Å². The van der Waals surface area contributed by atoms with E-state index in [0.29, 0.717) is 34.6 Å². The van der Waals surface area contributed by atoms with E-state index in [1.54, 1.807) is 26.4 Å². The summed E-state index contributed by atoms with van der Waals surface area (Å²) in [5.74, 6) is 1.70. The van der Waals surface area contributed by atoms with Crippen molar-refractivity contribution >= 4 is 17.4 Å². The van der Waals surface area contributed by atoms with E-state index >= 15 is 0 Å². The van der Waals surface area contributed by atoms with Crippen molar-refractivity contribution in [3.05, 3.63) is 23.5 Å². The lowest BCUT2D eigenvalue weighted by Gasteiger charge is -2.11. The topological polar surface area (TPSA) is 96.0 Å². The van der Waals surface area contributed by atoms with Crippen molar-refractivity contribution in [3.63, 3.8) is 0 Å². The van der Waals surface area contributed by atoms with Crippen LogP contribution in [0.1, 0.15) is 11.4 Å². The number of rotatable bonds is 5. The van der Waals surface area contributed by atoms with Gasteiger partial charge >= 0.3 is 0 Å². The van der Waals surface area contributed by atoms with Crippen molar-refractivity contribution in [2.75, 3.05) is 26.2 Å². The van der Waals surface area contributed by atoms with E-state index in [2.05, 4.69) is 20.4 Å². The van der Waals surface area contributed by atoms with Crippen molar-refractivity contribution in [1.29, 1.82) is 0 Å². The second-order valence-corrected chi connectivity index (χ2v) is 4.66. The zero-order chi connectivity index (χ0) is 14.5. The Hall–Kier alpha value is -2.09. The van der Waals surface area contributed by atoms with Gasteiger partial charge in [0, 0.05) is 18.2 Å². The van der Waals surface area contributed by atoms with E-state index in [0.717, 1.165) is 5.56 Å². The molecule has 0 amide bonds. The highest BCUT2D eigenvalue weighted by atomic mass is 32.2. The molecule has 0 aliphatic rings. The molecule has 1 aromatic heterocycles. The third-order valence-electron chi connectivity index (χ3n) is 2.68. The molecule has 2 rings (SSSR count). The van der Waals surface area contributed by atoms with E-state index in [9.17, 15) is 0 Å². The first-order valence-electron chi connectivity index (χ1n) is 5.78. The first kappa shape index (κ1) is 14.3. The van der Waals surface area contributed by atoms with Gasteiger partial charge in [-0.2, -0.15) is 0 Å². The summed E-state index contributed by atoms with van der Waals surface area (Å²) in [6, 6.07) is 3.52. The van der Waals surface area contributed by atoms with Crippen molar-refractivity contribution in [1.82, 2.24) is 20.4 Å². The zero-order valence-corrected chi connectivity index (χ0v) is 12.3. The van der Waals surface area contributed by atoms with Gasteiger partial charge in [-0.05, 0) is 17.9 Å². The van der Waals surface area contributed by atoms with Crippen LogP contribution in [0.2, 0.25) is 0 Å². The van der Waals surface area contributed by atoms with Gasteiger partial charge in [-0.1, -0.05) is 11.8 Å². The number of nitrogen functional groups attached to an aromatic ring is 1. The standard InChI is InChI=1S/C12H15N5O2S/c1-18-9-4-7(8(13)6-10(9)19-2)5-11-14-16-12(20-3)17-15-11/h4,6H,5,13H2,1-3H3. The summed E-state index contributed by atoms with van der Waals surface area (Å²) in [4.78, 5) is 0. The van der Waals surface area contributed by atoms with Gasteiger partial charge in [-0.25, -0.2) is 0 Å². The minimum atomic E-state index is 0.431. The van der Waals surface area contributed by atoms with E-state index in [1.165, 1.54) is 11.8 Å². The molecule has 20 heavy (non-hydrogen) atoms. The number of methoxy groups -OCH3 is 2. The lowest BCUT2D eigenvalue weighted by Crippen LogP contribution is -2.05. The molecule has 106 valence electrons. The van der Waals surface area contributed by atoms with Crippen LogP contribution in [0.25, 0.3) is 0 Å². The maximum atomic E-state index is 5.99. The molecule has 0 bridgehead atoms. The second kappa shape index (κ2) is 6.38. The second-order valence-electron chi connectivity index (χ2n) is 3.89. The minimum Gasteiger partial charge on any atom is -0.493 e. The third kappa shape index (κ3) is 3.08. The van der Waals surface area contributed by atoms with Crippen LogP contribution in [0.5, 0.6) is 11.5 Å². The highest BCUT2D eigenvalue weighted by molar-refractivity contribution is 7.98. The van der Waals surface area contributed by atoms with Gasteiger partial charge in [0.05, 0.1) is 14.2 Å². The van der Waals surface area contributed by atoms with Crippen molar-refractivity contribution < 1.29 is 9.47 Å². The highest BCUT2D eigenvalue weighted by Crippen LogP contribution is 2.32. The molecule has 0 fully saturated rings. The largest absolute Gasteiger partial charge is 0.493 e. The van der Waals surface area contributed by atoms with Crippen LogP contribution >= 0.6 is 11.8 Å². The van der Waals surface area contributed by atoms with Crippen LogP contribution in [0, 0.1) is 0 Å². The smallest absolute Gasteiger partial charge is 0.229 e. The first-order chi connectivity index (χ1) is 9.67. The fraction of sp³-hybridized carbons (Fsp3) is 0.333. The maximum Gasteiger partial charge on any atom is 0.229 e. The number of benzene rings is 1. The number of thioether (sulfide) groups is 1. The van der Waals surface area contributed by atoms with Crippen molar-refractivity contribution in [2.24, 2.45) is 0 Å². The predicted molar refractivity (Wildman–Crippen MR) is 76.2 cm³/mol. The van der Waals surface area contributed by atoms with Crippen LogP contribution in [0.3, 0.4) is 0 Å². The predicted octanol–water partition coefficient (Wildman–Crippen LogP) is 1.18. The summed E-state index contributed by atoms with van der Waals surface area (Å²) in [7, 11) is 3.14. The average molecular weight is 293 g/mol. The quantitative estimate of drug-likeness (QED) is 0.648. The van der Waals surface area contributed by atoms with E-state index < -0.39 is 0 Å². The molecule has 0 spiro atoms. The van der Waals surface area contributed by atoms with Gasteiger partial charge in [-0.3, -0.25) is 0 Å². The number of anilines is 1. The number of hydrogen-bond acceptors (Lipinski definition) is 8. The lowest BCUT2D eigenvalue weighted by atomic mass is 10.1. The van der Waals surface area contributed by atoms with E-state index in [1.807, 2.05) is 6.26 Å². The maximum absolute atomic E-state index is 5.99. The Balaban J connectivity index is 2.27. The van der Waals surface area contributed by atoms with Gasteiger partial charge in [0.1, 0.15) is 0 Å². The molecule has 0 aliphatic heterocycles. The summed E-state index contributed by atoms with van der Waals surface area (Å²) in [5.41, 5.74) is 7.41. The highest BCUT2D eigenvalue weighted by Gasteiger charge is 2.11. The van der Waals surface area contributed by atoms with E-state index in [4.69, 9.17) is 15.2 Å². The molecule has 7 nitrogen and oxygen atoms in total. The Morgan fingerprint density at radius 3 is 2.20 bits per heavy atom. The molecular formula is C12H15N5O2S. The molecule has 2 N–H and O–H groups in total. The molecular weight excluding hydrogens is 278 g/mol. The van der Waals surface area contributed by atoms with Crippen LogP contribution in [-0.2, 0) is 6.42 Å². The molecule has 0 aliphatic carbocycles. The van der Waals surface area contributed by atoms with E-state index in [-0.39, 0.29) is 0 Å². The molecule has 1 aromatic carbocycles. The van der Waals surface area contributed by atoms with Gasteiger partial charge in [-0.15, -0.1) is 20.4 Å². The summed E-state index contributed by atoms with van der Waals surface area (Å²) in [6.07, 6.45) is 2.30. The zero-order valence-electron chi connectivity index (χ0n) is 11.5. The SMILES string of the molecule is COc1cc(N)c(Cc2nnc(SC)nn2)cc1OC. The summed E-state index contributed by atoms with van der Waals surface area (Å²) in [6.45, 7) is 0. The van der Waals surface area contributed by atoms with Crippen LogP contribution in [0.4, 0.5) is 5.69 Å². The molecule has 2 aromatic rings. The average Bonchev–Trinajstić information content (AvgIpc) is 2.49. The van der Waals surface area contributed by atoms with Gasteiger partial charge in [0.15, 0.2) is 17.3 Å². The Morgan fingerprint density at radius 1 is 1.05 bits per heavy atom. The molecule has 0 unspecified atom stereocenters. The van der Waals surface area contributed by atoms with Gasteiger partial charge < -0.3 is 15.2 Å². The monoisotopic (exact) mass is 293 g/mol. The molecule has 0 atom stereocenters. The molecule has 8 heteroatoms. The number of aromatic nitrogens is 4. The summed E-state index contributed by atoms with van der Waals surface area (Å²) < 4.78 is 10.4. The third-order valence-corrected chi connectivity index (χ3v) is 3.21. The Kier molecular flexibility index (Phi) is 4.57. The number of nitrogens with zero attached hydrogens (tertiary/aromatic N) is 4. The Bertz CT molecular complexity index is 591. The lowest BCUT2D eigenvalue weighted by molar-refractivity contribution is 0.355. The summed E-state index contributed by atoms with van der Waals surface area (Å²) in [5, 5.41) is 16.4. The van der Waals surface area contributed by atoms with Crippen LogP contribution in [0.15, 0.2) is 17.3 Å². The number of hydrogen-bond donors (Lipinski definition) is 1. The van der Waals surface area contributed by atoms with Gasteiger partial charge in [0.2, 0.25) is 5.16 Å². The molecule has 0 saturated heterocycles. The van der Waals surface area contributed by atoms with Crippen molar-refractivity contribution in [3.8, 4) is 11.5 Å². The van der Waals surface area contributed by atoms with Gasteiger partial charge in [0.25, 0.3) is 0 Å². The normalized spacial score (nSPS) is 10.3. The first-order valence-corrected chi connectivity index (χ1v) is 7.01. The Morgan fingerprint density at radius 2 is 1.65 bits per heavy atom. The molecule has 1 heterocycles. The number of ether oxygens (including phenoxy) is 2. The van der Waals surface area contributed by atoms with Crippen molar-refractivity contribution in [2.45, 2.75) is 11.6 Å². The molecule has 0 saturated carbocycles. The fourth-order valence-corrected chi connectivity index (χ4v) is 1.90. The minimum absolute atomic E-state index is 0.431. The van der Waals surface area contributed by atoms with Crippen LogP contribution in [-0.4, -0.2) is 40.9 Å². The summed E-state index contributed by atoms with van der Waals surface area (Å²) >= 11 is 1.39. The molecule has 0 radical (unpaired) electrons. The van der Waals surface area contributed by atoms with Crippen LogP contribution < -0.4 is 15.2 Å².